The van der Waals surface area contributed by atoms with Crippen LogP contribution in [0.25, 0.3) is 16.9 Å². The van der Waals surface area contributed by atoms with E-state index in [9.17, 15) is 4.79 Å². The van der Waals surface area contributed by atoms with Gasteiger partial charge in [0.1, 0.15) is 12.2 Å². The Bertz CT molecular complexity index is 1030. The van der Waals surface area contributed by atoms with Crippen LogP contribution in [0.3, 0.4) is 0 Å². The molecule has 23 heavy (non-hydrogen) atoms. The van der Waals surface area contributed by atoms with Crippen LogP contribution in [-0.2, 0) is 13.0 Å². The maximum absolute atomic E-state index is 12.7. The van der Waals surface area contributed by atoms with Gasteiger partial charge in [-0.15, -0.1) is 0 Å². The van der Waals surface area contributed by atoms with Gasteiger partial charge < -0.3 is 4.98 Å². The van der Waals surface area contributed by atoms with Crippen LogP contribution in [0.5, 0.6) is 0 Å². The standard InChI is InChI=1S/C16H16N6O/c1-2-8-21-15(23)13-14(22-16(21)17-10-18-22)20-12(19-13)9-11-6-4-3-5-7-11/h3-7,10H,2,8-9H2,1H3,(H,19,20). The second kappa shape index (κ2) is 5.35. The molecular weight excluding hydrogens is 292 g/mol. The van der Waals surface area contributed by atoms with E-state index in [1.165, 1.54) is 6.33 Å². The van der Waals surface area contributed by atoms with E-state index in [-0.39, 0.29) is 5.56 Å². The van der Waals surface area contributed by atoms with E-state index in [0.717, 1.165) is 17.8 Å². The molecule has 1 aromatic carbocycles. The van der Waals surface area contributed by atoms with Crippen molar-refractivity contribution < 1.29 is 0 Å². The first kappa shape index (κ1) is 13.7. The number of fused-ring (bicyclic) bond motifs is 3. The maximum atomic E-state index is 12.7. The Kier molecular flexibility index (Phi) is 3.18. The highest BCUT2D eigenvalue weighted by atomic mass is 16.1. The number of hydrogen-bond acceptors (Lipinski definition) is 4. The molecule has 0 aliphatic carbocycles. The number of imidazole rings is 1. The summed E-state index contributed by atoms with van der Waals surface area (Å²) in [6, 6.07) is 10.0. The minimum absolute atomic E-state index is 0.103. The molecule has 0 atom stereocenters. The molecule has 0 amide bonds. The second-order valence-corrected chi connectivity index (χ2v) is 5.47. The second-order valence-electron chi connectivity index (χ2n) is 5.47. The zero-order valence-electron chi connectivity index (χ0n) is 12.7. The summed E-state index contributed by atoms with van der Waals surface area (Å²) >= 11 is 0. The van der Waals surface area contributed by atoms with Gasteiger partial charge in [0.05, 0.1) is 0 Å². The summed E-state index contributed by atoms with van der Waals surface area (Å²) in [6.07, 6.45) is 2.93. The molecule has 0 saturated carbocycles. The first-order valence-corrected chi connectivity index (χ1v) is 7.63. The van der Waals surface area contributed by atoms with Crippen LogP contribution in [0.1, 0.15) is 24.7 Å². The van der Waals surface area contributed by atoms with E-state index in [1.807, 2.05) is 37.3 Å². The fraction of sp³-hybridized carbons (Fsp3) is 0.250. The number of aryl methyl sites for hydroxylation is 1. The number of rotatable bonds is 4. The molecule has 7 nitrogen and oxygen atoms in total. The third-order valence-electron chi connectivity index (χ3n) is 3.83. The third kappa shape index (κ3) is 2.21. The van der Waals surface area contributed by atoms with E-state index < -0.39 is 0 Å². The molecule has 7 heteroatoms. The average molecular weight is 308 g/mol. The quantitative estimate of drug-likeness (QED) is 0.623. The van der Waals surface area contributed by atoms with Gasteiger partial charge in [0, 0.05) is 13.0 Å². The predicted molar refractivity (Wildman–Crippen MR) is 86.4 cm³/mol. The summed E-state index contributed by atoms with van der Waals surface area (Å²) < 4.78 is 3.26. The van der Waals surface area contributed by atoms with Crippen LogP contribution in [0.2, 0.25) is 0 Å². The van der Waals surface area contributed by atoms with E-state index in [4.69, 9.17) is 0 Å². The Labute approximate surface area is 131 Å². The van der Waals surface area contributed by atoms with Crippen LogP contribution in [-0.4, -0.2) is 29.1 Å². The lowest BCUT2D eigenvalue weighted by Gasteiger charge is -2.04. The number of nitrogens with zero attached hydrogens (tertiary/aromatic N) is 5. The Morgan fingerprint density at radius 2 is 2.04 bits per heavy atom. The maximum Gasteiger partial charge on any atom is 0.281 e. The van der Waals surface area contributed by atoms with Gasteiger partial charge in [0.15, 0.2) is 11.2 Å². The van der Waals surface area contributed by atoms with E-state index in [2.05, 4.69) is 20.1 Å². The number of H-pyrrole nitrogens is 1. The summed E-state index contributed by atoms with van der Waals surface area (Å²) in [7, 11) is 0. The Hall–Kier alpha value is -2.96. The Morgan fingerprint density at radius 3 is 2.83 bits per heavy atom. The predicted octanol–water partition coefficient (Wildman–Crippen LogP) is 1.77. The topological polar surface area (TPSA) is 80.9 Å². The van der Waals surface area contributed by atoms with Gasteiger partial charge in [-0.2, -0.15) is 14.6 Å². The Balaban J connectivity index is 1.91. The summed E-state index contributed by atoms with van der Waals surface area (Å²) in [4.78, 5) is 24.6. The first-order valence-electron chi connectivity index (χ1n) is 7.63. The highest BCUT2D eigenvalue weighted by molar-refractivity contribution is 5.72. The van der Waals surface area contributed by atoms with Crippen LogP contribution < -0.4 is 5.56 Å². The molecule has 3 aromatic heterocycles. The van der Waals surface area contributed by atoms with Gasteiger partial charge in [0.2, 0.25) is 5.78 Å². The molecule has 0 aliphatic rings. The highest BCUT2D eigenvalue weighted by Gasteiger charge is 2.16. The van der Waals surface area contributed by atoms with Crippen molar-refractivity contribution in [1.29, 1.82) is 0 Å². The molecule has 0 fully saturated rings. The molecule has 0 unspecified atom stereocenters. The number of aromatic nitrogens is 6. The van der Waals surface area contributed by atoms with Crippen LogP contribution >= 0.6 is 0 Å². The van der Waals surface area contributed by atoms with E-state index in [0.29, 0.717) is 29.9 Å². The van der Waals surface area contributed by atoms with Crippen molar-refractivity contribution in [2.75, 3.05) is 0 Å². The van der Waals surface area contributed by atoms with Crippen molar-refractivity contribution in [3.63, 3.8) is 0 Å². The molecule has 1 N–H and O–H groups in total. The van der Waals surface area contributed by atoms with Crippen LogP contribution in [0.15, 0.2) is 41.5 Å². The van der Waals surface area contributed by atoms with Gasteiger partial charge >= 0.3 is 0 Å². The lowest BCUT2D eigenvalue weighted by atomic mass is 10.1. The first-order chi connectivity index (χ1) is 11.3. The van der Waals surface area contributed by atoms with Crippen molar-refractivity contribution in [3.8, 4) is 0 Å². The van der Waals surface area contributed by atoms with Crippen molar-refractivity contribution in [3.05, 3.63) is 58.4 Å². The molecule has 4 aromatic rings. The molecule has 3 heterocycles. The number of nitrogens with one attached hydrogen (secondary N) is 1. The summed E-state index contributed by atoms with van der Waals surface area (Å²) in [5.74, 6) is 1.27. The van der Waals surface area contributed by atoms with Gasteiger partial charge in [-0.1, -0.05) is 37.3 Å². The highest BCUT2D eigenvalue weighted by Crippen LogP contribution is 2.12. The average Bonchev–Trinajstić information content (AvgIpc) is 3.19. The fourth-order valence-electron chi connectivity index (χ4n) is 2.81. The van der Waals surface area contributed by atoms with Crippen molar-refractivity contribution in [2.24, 2.45) is 0 Å². The molecule has 0 spiro atoms. The molecule has 4 rings (SSSR count). The zero-order chi connectivity index (χ0) is 15.8. The Morgan fingerprint density at radius 1 is 1.22 bits per heavy atom. The summed E-state index contributed by atoms with van der Waals surface area (Å²) in [5, 5.41) is 4.21. The van der Waals surface area contributed by atoms with Gasteiger partial charge in [-0.3, -0.25) is 9.36 Å². The van der Waals surface area contributed by atoms with Crippen molar-refractivity contribution in [1.82, 2.24) is 29.1 Å². The molecule has 0 bridgehead atoms. The molecule has 116 valence electrons. The zero-order valence-corrected chi connectivity index (χ0v) is 12.7. The van der Waals surface area contributed by atoms with Crippen molar-refractivity contribution in [2.45, 2.75) is 26.3 Å². The monoisotopic (exact) mass is 308 g/mol. The minimum Gasteiger partial charge on any atom is -0.336 e. The molecule has 0 saturated heterocycles. The third-order valence-corrected chi connectivity index (χ3v) is 3.83. The molecular formula is C16H16N6O. The van der Waals surface area contributed by atoms with Crippen LogP contribution in [0.4, 0.5) is 0 Å². The van der Waals surface area contributed by atoms with Gasteiger partial charge in [-0.05, 0) is 12.0 Å². The fourth-order valence-corrected chi connectivity index (χ4v) is 2.81. The lowest BCUT2D eigenvalue weighted by molar-refractivity contribution is 0.659. The number of benzene rings is 1. The smallest absolute Gasteiger partial charge is 0.281 e. The largest absolute Gasteiger partial charge is 0.336 e. The van der Waals surface area contributed by atoms with Gasteiger partial charge in [0.25, 0.3) is 5.56 Å². The number of hydrogen-bond donors (Lipinski definition) is 1. The molecule has 0 aliphatic heterocycles. The number of aromatic amines is 1. The van der Waals surface area contributed by atoms with Crippen molar-refractivity contribution >= 4 is 16.9 Å². The van der Waals surface area contributed by atoms with E-state index >= 15 is 0 Å². The van der Waals surface area contributed by atoms with E-state index in [1.54, 1.807) is 9.08 Å². The van der Waals surface area contributed by atoms with Crippen LogP contribution in [0, 0.1) is 0 Å². The molecule has 0 radical (unpaired) electrons. The normalized spacial score (nSPS) is 11.5. The minimum atomic E-state index is -0.103. The van der Waals surface area contributed by atoms with Gasteiger partial charge in [-0.25, -0.2) is 4.98 Å². The SMILES string of the molecule is CCCn1c(=O)c2[nH]c(Cc3ccccc3)nc2n2ncnc12. The summed E-state index contributed by atoms with van der Waals surface area (Å²) in [6.45, 7) is 2.63. The lowest BCUT2D eigenvalue weighted by Crippen LogP contribution is -2.23. The summed E-state index contributed by atoms with van der Waals surface area (Å²) in [5.41, 5.74) is 2.03.